The molecule has 6 nitrogen and oxygen atoms in total. The van der Waals surface area contributed by atoms with Gasteiger partial charge in [-0.1, -0.05) is 254 Å². The first kappa shape index (κ1) is 60.6. The Bertz CT molecular complexity index is 1250. The molecule has 0 radical (unpaired) electrons. The predicted octanol–water partition coefficient (Wildman–Crippen LogP) is 17.6. The van der Waals surface area contributed by atoms with E-state index in [0.717, 1.165) is 70.6 Å². The van der Waals surface area contributed by atoms with Gasteiger partial charge in [-0.3, -0.25) is 14.4 Å². The number of unbranched alkanes of at least 4 members (excludes halogenated alkanes) is 27. The van der Waals surface area contributed by atoms with Gasteiger partial charge in [-0.05, 0) is 57.8 Å². The van der Waals surface area contributed by atoms with Crippen molar-refractivity contribution >= 4 is 17.9 Å². The highest BCUT2D eigenvalue weighted by Crippen LogP contribution is 2.15. The van der Waals surface area contributed by atoms with Crippen molar-refractivity contribution in [1.82, 2.24) is 0 Å². The van der Waals surface area contributed by atoms with E-state index in [1.165, 1.54) is 128 Å². The van der Waals surface area contributed by atoms with Gasteiger partial charge >= 0.3 is 17.9 Å². The summed E-state index contributed by atoms with van der Waals surface area (Å²) >= 11 is 0. The molecule has 1 atom stereocenters. The van der Waals surface area contributed by atoms with Gasteiger partial charge in [0, 0.05) is 19.3 Å². The van der Waals surface area contributed by atoms with Crippen molar-refractivity contribution in [3.05, 3.63) is 85.1 Å². The summed E-state index contributed by atoms with van der Waals surface area (Å²) in [5.74, 6) is -0.993. The molecule has 6 heteroatoms. The number of carbonyl (C=O) groups excluding carboxylic acids is 3. The normalized spacial score (nSPS) is 12.7. The molecule has 0 aliphatic carbocycles. The van der Waals surface area contributed by atoms with Crippen LogP contribution in [0.1, 0.15) is 245 Å². The molecular formula is C58H98O6. The molecule has 0 saturated heterocycles. The summed E-state index contributed by atoms with van der Waals surface area (Å²) in [6.07, 6.45) is 67.2. The number of carbonyl (C=O) groups is 3. The SMILES string of the molecule is CC\C=C/C=C\C=C/C=C\C=C/CCCC(=O)OCC(COC(=O)CCCCCCC/C=C\C=C/CCCCCCCCC)OC(=O)CCCCCCCCCCCCCCCCC. The summed E-state index contributed by atoms with van der Waals surface area (Å²) in [4.78, 5) is 38.0. The van der Waals surface area contributed by atoms with Crippen LogP contribution < -0.4 is 0 Å². The van der Waals surface area contributed by atoms with Gasteiger partial charge in [0.2, 0.25) is 0 Å². The predicted molar refractivity (Wildman–Crippen MR) is 274 cm³/mol. The molecule has 0 aromatic heterocycles. The van der Waals surface area contributed by atoms with Crippen LogP contribution in [0.5, 0.6) is 0 Å². The monoisotopic (exact) mass is 891 g/mol. The molecule has 0 fully saturated rings. The van der Waals surface area contributed by atoms with E-state index < -0.39 is 6.10 Å². The molecule has 0 bridgehead atoms. The molecule has 0 heterocycles. The molecule has 1 unspecified atom stereocenters. The Morgan fingerprint density at radius 3 is 1.03 bits per heavy atom. The van der Waals surface area contributed by atoms with Crippen molar-refractivity contribution in [2.24, 2.45) is 0 Å². The molecule has 0 aromatic rings. The summed E-state index contributed by atoms with van der Waals surface area (Å²) in [5, 5.41) is 0. The molecule has 0 aromatic carbocycles. The van der Waals surface area contributed by atoms with Gasteiger partial charge in [0.05, 0.1) is 0 Å². The highest BCUT2D eigenvalue weighted by Gasteiger charge is 2.19. The first-order chi connectivity index (χ1) is 31.5. The second-order valence-corrected chi connectivity index (χ2v) is 17.6. The van der Waals surface area contributed by atoms with Gasteiger partial charge in [0.15, 0.2) is 6.10 Å². The highest BCUT2D eigenvalue weighted by molar-refractivity contribution is 5.71. The fourth-order valence-corrected chi connectivity index (χ4v) is 7.29. The smallest absolute Gasteiger partial charge is 0.306 e. The lowest BCUT2D eigenvalue weighted by Gasteiger charge is -2.18. The van der Waals surface area contributed by atoms with Crippen molar-refractivity contribution in [3.63, 3.8) is 0 Å². The van der Waals surface area contributed by atoms with E-state index in [0.29, 0.717) is 19.3 Å². The van der Waals surface area contributed by atoms with Crippen LogP contribution in [0.25, 0.3) is 0 Å². The van der Waals surface area contributed by atoms with Gasteiger partial charge in [-0.2, -0.15) is 0 Å². The van der Waals surface area contributed by atoms with Crippen LogP contribution in [0.3, 0.4) is 0 Å². The van der Waals surface area contributed by atoms with Gasteiger partial charge in [-0.25, -0.2) is 0 Å². The summed E-state index contributed by atoms with van der Waals surface area (Å²) in [7, 11) is 0. The van der Waals surface area contributed by atoms with Crippen LogP contribution in [0.4, 0.5) is 0 Å². The summed E-state index contributed by atoms with van der Waals surface area (Å²) < 4.78 is 16.7. The molecule has 0 amide bonds. The highest BCUT2D eigenvalue weighted by atomic mass is 16.6. The Balaban J connectivity index is 4.47. The molecule has 0 N–H and O–H groups in total. The molecule has 366 valence electrons. The Labute approximate surface area is 395 Å². The van der Waals surface area contributed by atoms with Crippen LogP contribution in [0.15, 0.2) is 85.1 Å². The van der Waals surface area contributed by atoms with Crippen LogP contribution in [-0.2, 0) is 28.6 Å². The molecule has 0 aliphatic heterocycles. The zero-order valence-corrected chi connectivity index (χ0v) is 41.8. The summed E-state index contributed by atoms with van der Waals surface area (Å²) in [6.45, 7) is 6.42. The van der Waals surface area contributed by atoms with Crippen molar-refractivity contribution in [3.8, 4) is 0 Å². The van der Waals surface area contributed by atoms with E-state index in [4.69, 9.17) is 14.2 Å². The maximum Gasteiger partial charge on any atom is 0.306 e. The first-order valence-corrected chi connectivity index (χ1v) is 26.7. The molecule has 0 spiro atoms. The fraction of sp³-hybridized carbons (Fsp3) is 0.707. The van der Waals surface area contributed by atoms with Crippen LogP contribution in [-0.4, -0.2) is 37.2 Å². The molecule has 0 aliphatic rings. The van der Waals surface area contributed by atoms with Crippen molar-refractivity contribution < 1.29 is 28.6 Å². The second-order valence-electron chi connectivity index (χ2n) is 17.6. The van der Waals surface area contributed by atoms with E-state index in [1.54, 1.807) is 0 Å². The number of rotatable bonds is 47. The number of ether oxygens (including phenoxy) is 3. The minimum atomic E-state index is -0.810. The summed E-state index contributed by atoms with van der Waals surface area (Å²) in [5.41, 5.74) is 0. The Morgan fingerprint density at radius 1 is 0.328 bits per heavy atom. The van der Waals surface area contributed by atoms with Crippen LogP contribution in [0.2, 0.25) is 0 Å². The van der Waals surface area contributed by atoms with Gasteiger partial charge < -0.3 is 14.2 Å². The molecular weight excluding hydrogens is 793 g/mol. The molecule has 0 rings (SSSR count). The molecule has 0 saturated carbocycles. The lowest BCUT2D eigenvalue weighted by Crippen LogP contribution is -2.30. The second kappa shape index (κ2) is 52.2. The Hall–Kier alpha value is -3.41. The van der Waals surface area contributed by atoms with E-state index >= 15 is 0 Å². The third kappa shape index (κ3) is 49.6. The van der Waals surface area contributed by atoms with Crippen molar-refractivity contribution in [1.29, 1.82) is 0 Å². The van der Waals surface area contributed by atoms with E-state index in [2.05, 4.69) is 51.2 Å². The van der Waals surface area contributed by atoms with E-state index in [9.17, 15) is 14.4 Å². The molecule has 64 heavy (non-hydrogen) atoms. The standard InChI is InChI=1S/C58H98O6/c1-4-7-10-13-16-19-22-25-27-28-29-31-33-36-39-42-45-48-51-57(60)63-54-55(53-62-56(59)50-47-44-41-38-35-32-24-21-18-15-12-9-6-3)64-58(61)52-49-46-43-40-37-34-30-26-23-20-17-14-11-8-5-2/h9,12,15,18,21,24,27-29,31-32,35,38,41,55H,4-8,10-11,13-14,16-17,19-20,22-23,25-26,30,33-34,36-37,39-40,42-54H2,1-3H3/b12-9-,18-15-,24-21-,28-27-,31-29-,35-32-,41-38-. The topological polar surface area (TPSA) is 78.9 Å². The van der Waals surface area contributed by atoms with Crippen molar-refractivity contribution in [2.75, 3.05) is 13.2 Å². The van der Waals surface area contributed by atoms with Gasteiger partial charge in [-0.15, -0.1) is 0 Å². The summed E-state index contributed by atoms with van der Waals surface area (Å²) in [6, 6.07) is 0. The number of hydrogen-bond acceptors (Lipinski definition) is 6. The Kier molecular flexibility index (Phi) is 49.4. The van der Waals surface area contributed by atoms with Crippen LogP contribution in [0, 0.1) is 0 Å². The minimum Gasteiger partial charge on any atom is -0.462 e. The minimum absolute atomic E-state index is 0.106. The quantitative estimate of drug-likeness (QED) is 0.0262. The number of hydrogen-bond donors (Lipinski definition) is 0. The lowest BCUT2D eigenvalue weighted by molar-refractivity contribution is -0.167. The Morgan fingerprint density at radius 2 is 0.625 bits per heavy atom. The number of allylic oxidation sites excluding steroid dienone is 14. The van der Waals surface area contributed by atoms with Crippen LogP contribution >= 0.6 is 0 Å². The lowest BCUT2D eigenvalue weighted by atomic mass is 10.0. The average Bonchev–Trinajstić information content (AvgIpc) is 3.29. The zero-order chi connectivity index (χ0) is 46.5. The zero-order valence-electron chi connectivity index (χ0n) is 41.8. The van der Waals surface area contributed by atoms with Gasteiger partial charge in [0.1, 0.15) is 13.2 Å². The third-order valence-electron chi connectivity index (χ3n) is 11.3. The average molecular weight is 891 g/mol. The van der Waals surface area contributed by atoms with Gasteiger partial charge in [0.25, 0.3) is 0 Å². The van der Waals surface area contributed by atoms with E-state index in [-0.39, 0.29) is 37.5 Å². The third-order valence-corrected chi connectivity index (χ3v) is 11.3. The number of esters is 3. The maximum absolute atomic E-state index is 12.8. The fourth-order valence-electron chi connectivity index (χ4n) is 7.29. The van der Waals surface area contributed by atoms with Crippen molar-refractivity contribution in [2.45, 2.75) is 252 Å². The first-order valence-electron chi connectivity index (χ1n) is 26.7. The largest absolute Gasteiger partial charge is 0.462 e. The maximum atomic E-state index is 12.8. The van der Waals surface area contributed by atoms with E-state index in [1.807, 2.05) is 54.7 Å².